The summed E-state index contributed by atoms with van der Waals surface area (Å²) in [6.07, 6.45) is 4.87. The van der Waals surface area contributed by atoms with Gasteiger partial charge in [-0.1, -0.05) is 0 Å². The number of amides is 2. The van der Waals surface area contributed by atoms with Gasteiger partial charge in [-0.3, -0.25) is 14.7 Å². The minimum absolute atomic E-state index is 0.0169. The first kappa shape index (κ1) is 12.6. The Labute approximate surface area is 106 Å². The molecule has 0 aromatic carbocycles. The van der Waals surface area contributed by atoms with Crippen LogP contribution in [0.5, 0.6) is 0 Å². The number of aromatic amines is 1. The third kappa shape index (κ3) is 3.32. The Bertz CT molecular complexity index is 441. The second kappa shape index (κ2) is 5.66. The van der Waals surface area contributed by atoms with Gasteiger partial charge in [0.25, 0.3) is 0 Å². The molecule has 1 aliphatic carbocycles. The molecule has 1 unspecified atom stereocenters. The molecule has 18 heavy (non-hydrogen) atoms. The van der Waals surface area contributed by atoms with E-state index in [1.165, 1.54) is 12.5 Å². The summed E-state index contributed by atoms with van der Waals surface area (Å²) in [5.74, 6) is -0.126. The Morgan fingerprint density at radius 1 is 1.56 bits per heavy atom. The average Bonchev–Trinajstić information content (AvgIpc) is 2.75. The van der Waals surface area contributed by atoms with E-state index in [1.807, 2.05) is 6.20 Å². The van der Waals surface area contributed by atoms with Crippen LogP contribution in [0.4, 0.5) is 0 Å². The number of hydrogen-bond acceptors (Lipinski definition) is 3. The number of carbonyl (C=O) groups is 2. The third-order valence-electron chi connectivity index (χ3n) is 3.11. The molecule has 6 nitrogen and oxygen atoms in total. The predicted octanol–water partition coefficient (Wildman–Crippen LogP) is -0.0906. The van der Waals surface area contributed by atoms with Crippen molar-refractivity contribution in [3.8, 4) is 0 Å². The monoisotopic (exact) mass is 250 g/mol. The number of rotatable bonds is 4. The number of carbonyl (C=O) groups excluding carboxylic acids is 2. The highest BCUT2D eigenvalue weighted by atomic mass is 16.2. The Morgan fingerprint density at radius 3 is 3.17 bits per heavy atom. The van der Waals surface area contributed by atoms with Crippen LogP contribution >= 0.6 is 0 Å². The van der Waals surface area contributed by atoms with Crippen molar-refractivity contribution < 1.29 is 9.59 Å². The smallest absolute Gasteiger partial charge is 0.221 e. The standard InChI is InChI=1S/C12H18N4O2/c1-8(17)13-5-4-12(18)15-10-3-2-9-7-14-16-11(9)6-10/h7,10H,2-6H2,1H3,(H,13,17)(H,14,16)(H,15,18). The maximum atomic E-state index is 11.7. The quantitative estimate of drug-likeness (QED) is 0.698. The molecule has 0 fully saturated rings. The molecule has 0 spiro atoms. The Hall–Kier alpha value is -1.85. The molecule has 1 aliphatic rings. The van der Waals surface area contributed by atoms with Gasteiger partial charge in [-0.2, -0.15) is 5.10 Å². The van der Waals surface area contributed by atoms with E-state index in [0.717, 1.165) is 25.0 Å². The van der Waals surface area contributed by atoms with Crippen LogP contribution in [0.2, 0.25) is 0 Å². The summed E-state index contributed by atoms with van der Waals surface area (Å²) in [4.78, 5) is 22.3. The molecule has 6 heteroatoms. The lowest BCUT2D eigenvalue weighted by atomic mass is 9.94. The number of nitrogens with one attached hydrogen (secondary N) is 3. The zero-order valence-electron chi connectivity index (χ0n) is 10.5. The van der Waals surface area contributed by atoms with Crippen molar-refractivity contribution in [3.05, 3.63) is 17.5 Å². The molecule has 0 aliphatic heterocycles. The normalized spacial score (nSPS) is 17.9. The Kier molecular flexibility index (Phi) is 3.96. The van der Waals surface area contributed by atoms with Gasteiger partial charge in [0, 0.05) is 38.0 Å². The van der Waals surface area contributed by atoms with E-state index in [-0.39, 0.29) is 17.9 Å². The van der Waals surface area contributed by atoms with Crippen molar-refractivity contribution in [1.29, 1.82) is 0 Å². The van der Waals surface area contributed by atoms with Crippen LogP contribution in [0.25, 0.3) is 0 Å². The lowest BCUT2D eigenvalue weighted by molar-refractivity contribution is -0.122. The fourth-order valence-electron chi connectivity index (χ4n) is 2.18. The SMILES string of the molecule is CC(=O)NCCC(=O)NC1CCc2cn[nH]c2C1. The van der Waals surface area contributed by atoms with Crippen molar-refractivity contribution in [1.82, 2.24) is 20.8 Å². The fourth-order valence-corrected chi connectivity index (χ4v) is 2.18. The largest absolute Gasteiger partial charge is 0.356 e. The van der Waals surface area contributed by atoms with Gasteiger partial charge in [-0.05, 0) is 18.4 Å². The molecule has 1 atom stereocenters. The zero-order valence-corrected chi connectivity index (χ0v) is 10.5. The average molecular weight is 250 g/mol. The summed E-state index contributed by atoms with van der Waals surface area (Å²) in [5, 5.41) is 12.6. The highest BCUT2D eigenvalue weighted by Gasteiger charge is 2.21. The van der Waals surface area contributed by atoms with E-state index in [2.05, 4.69) is 20.8 Å². The van der Waals surface area contributed by atoms with Gasteiger partial charge in [0.15, 0.2) is 0 Å². The topological polar surface area (TPSA) is 86.9 Å². The molecule has 0 saturated heterocycles. The van der Waals surface area contributed by atoms with Gasteiger partial charge >= 0.3 is 0 Å². The van der Waals surface area contributed by atoms with E-state index in [9.17, 15) is 9.59 Å². The first-order valence-corrected chi connectivity index (χ1v) is 6.20. The van der Waals surface area contributed by atoms with Crippen LogP contribution in [-0.2, 0) is 22.4 Å². The third-order valence-corrected chi connectivity index (χ3v) is 3.11. The van der Waals surface area contributed by atoms with Crippen LogP contribution in [-0.4, -0.2) is 34.6 Å². The minimum Gasteiger partial charge on any atom is -0.356 e. The minimum atomic E-state index is -0.109. The molecule has 1 aromatic rings. The highest BCUT2D eigenvalue weighted by molar-refractivity contribution is 5.78. The molecule has 2 rings (SSSR count). The molecule has 1 heterocycles. The van der Waals surface area contributed by atoms with Gasteiger partial charge in [0.1, 0.15) is 0 Å². The predicted molar refractivity (Wildman–Crippen MR) is 65.8 cm³/mol. The first-order valence-electron chi connectivity index (χ1n) is 6.20. The van der Waals surface area contributed by atoms with Crippen LogP contribution in [0.1, 0.15) is 31.0 Å². The van der Waals surface area contributed by atoms with Crippen LogP contribution in [0.3, 0.4) is 0 Å². The number of nitrogens with zero attached hydrogens (tertiary/aromatic N) is 1. The van der Waals surface area contributed by atoms with E-state index in [0.29, 0.717) is 13.0 Å². The number of fused-ring (bicyclic) bond motifs is 1. The number of aromatic nitrogens is 2. The van der Waals surface area contributed by atoms with Crippen molar-refractivity contribution in [2.24, 2.45) is 0 Å². The van der Waals surface area contributed by atoms with Gasteiger partial charge in [0.05, 0.1) is 6.20 Å². The summed E-state index contributed by atoms with van der Waals surface area (Å²) in [7, 11) is 0. The van der Waals surface area contributed by atoms with E-state index in [1.54, 1.807) is 0 Å². The molecule has 1 aromatic heterocycles. The molecular formula is C12H18N4O2. The Balaban J connectivity index is 1.74. The van der Waals surface area contributed by atoms with Crippen molar-refractivity contribution in [3.63, 3.8) is 0 Å². The van der Waals surface area contributed by atoms with E-state index >= 15 is 0 Å². The lowest BCUT2D eigenvalue weighted by Gasteiger charge is -2.22. The van der Waals surface area contributed by atoms with Gasteiger partial charge in [0.2, 0.25) is 11.8 Å². The van der Waals surface area contributed by atoms with Crippen molar-refractivity contribution >= 4 is 11.8 Å². The summed E-state index contributed by atoms with van der Waals surface area (Å²) < 4.78 is 0. The molecule has 0 radical (unpaired) electrons. The maximum Gasteiger partial charge on any atom is 0.221 e. The van der Waals surface area contributed by atoms with E-state index < -0.39 is 0 Å². The van der Waals surface area contributed by atoms with Gasteiger partial charge in [-0.25, -0.2) is 0 Å². The molecule has 0 bridgehead atoms. The zero-order chi connectivity index (χ0) is 13.0. The second-order valence-electron chi connectivity index (χ2n) is 4.61. The maximum absolute atomic E-state index is 11.7. The van der Waals surface area contributed by atoms with E-state index in [4.69, 9.17) is 0 Å². The Morgan fingerprint density at radius 2 is 2.39 bits per heavy atom. The van der Waals surface area contributed by atoms with Crippen LogP contribution in [0, 0.1) is 0 Å². The summed E-state index contributed by atoms with van der Waals surface area (Å²) in [6.45, 7) is 1.84. The van der Waals surface area contributed by atoms with Crippen molar-refractivity contribution in [2.75, 3.05) is 6.54 Å². The van der Waals surface area contributed by atoms with Gasteiger partial charge < -0.3 is 10.6 Å². The molecular weight excluding hydrogens is 232 g/mol. The number of H-pyrrole nitrogens is 1. The van der Waals surface area contributed by atoms with Crippen LogP contribution < -0.4 is 10.6 Å². The summed E-state index contributed by atoms with van der Waals surface area (Å²) in [5.41, 5.74) is 2.37. The van der Waals surface area contributed by atoms with Crippen LogP contribution in [0.15, 0.2) is 6.20 Å². The van der Waals surface area contributed by atoms with Crippen molar-refractivity contribution in [2.45, 2.75) is 38.6 Å². The second-order valence-corrected chi connectivity index (χ2v) is 4.61. The first-order chi connectivity index (χ1) is 8.65. The number of aryl methyl sites for hydroxylation is 1. The molecule has 98 valence electrons. The number of hydrogen-bond donors (Lipinski definition) is 3. The highest BCUT2D eigenvalue weighted by Crippen LogP contribution is 2.18. The lowest BCUT2D eigenvalue weighted by Crippen LogP contribution is -2.40. The molecule has 3 N–H and O–H groups in total. The fraction of sp³-hybridized carbons (Fsp3) is 0.583. The summed E-state index contributed by atoms with van der Waals surface area (Å²) in [6, 6.07) is 0.169. The van der Waals surface area contributed by atoms with Gasteiger partial charge in [-0.15, -0.1) is 0 Å². The molecule has 2 amide bonds. The summed E-state index contributed by atoms with van der Waals surface area (Å²) >= 11 is 0. The molecule has 0 saturated carbocycles.